The Labute approximate surface area is 75.6 Å². The molecule has 0 fully saturated rings. The highest BCUT2D eigenvalue weighted by atomic mass is 16.3. The quantitative estimate of drug-likeness (QED) is 0.649. The van der Waals surface area contributed by atoms with E-state index in [0.717, 1.165) is 16.5 Å². The fraction of sp³-hybridized carbons (Fsp3) is 0.200. The number of aromatic nitrogens is 1. The van der Waals surface area contributed by atoms with Gasteiger partial charge in [-0.25, -0.2) is 0 Å². The number of hydrogen-bond acceptors (Lipinski definition) is 2. The van der Waals surface area contributed by atoms with Crippen molar-refractivity contribution in [1.82, 2.24) is 4.98 Å². The largest absolute Gasteiger partial charge is 0.506 e. The average Bonchev–Trinajstić information content (AvgIpc) is 2.51. The van der Waals surface area contributed by atoms with Gasteiger partial charge in [0, 0.05) is 18.2 Å². The summed E-state index contributed by atoms with van der Waals surface area (Å²) in [6.45, 7) is 0.128. The lowest BCUT2D eigenvalue weighted by Gasteiger charge is -1.96. The average molecular weight is 177 g/mol. The van der Waals surface area contributed by atoms with Crippen LogP contribution in [0.2, 0.25) is 0 Å². The molecule has 0 atom stereocenters. The van der Waals surface area contributed by atoms with E-state index < -0.39 is 0 Å². The van der Waals surface area contributed by atoms with E-state index in [-0.39, 0.29) is 12.4 Å². The molecule has 1 aromatic carbocycles. The van der Waals surface area contributed by atoms with Crippen molar-refractivity contribution in [3.8, 4) is 5.75 Å². The molecule has 2 rings (SSSR count). The van der Waals surface area contributed by atoms with Gasteiger partial charge >= 0.3 is 0 Å². The maximum Gasteiger partial charge on any atom is 0.139 e. The number of H-pyrrole nitrogens is 1. The molecule has 0 amide bonds. The normalized spacial score (nSPS) is 10.8. The smallest absolute Gasteiger partial charge is 0.139 e. The van der Waals surface area contributed by atoms with Crippen LogP contribution in [0.5, 0.6) is 5.75 Å². The number of nitrogens with one attached hydrogen (secondary N) is 1. The Morgan fingerprint density at radius 3 is 2.92 bits per heavy atom. The summed E-state index contributed by atoms with van der Waals surface area (Å²) < 4.78 is 0. The van der Waals surface area contributed by atoms with Gasteiger partial charge < -0.3 is 15.2 Å². The molecule has 1 heterocycles. The number of aliphatic hydroxyl groups excluding tert-OH is 1. The van der Waals surface area contributed by atoms with Crippen LogP contribution in [0.3, 0.4) is 0 Å². The minimum absolute atomic E-state index is 0.128. The van der Waals surface area contributed by atoms with Gasteiger partial charge in [0.25, 0.3) is 0 Å². The van der Waals surface area contributed by atoms with Gasteiger partial charge in [0.1, 0.15) is 5.75 Å². The van der Waals surface area contributed by atoms with E-state index >= 15 is 0 Å². The third-order valence-corrected chi connectivity index (χ3v) is 2.16. The Morgan fingerprint density at radius 2 is 2.15 bits per heavy atom. The summed E-state index contributed by atoms with van der Waals surface area (Å²) in [4.78, 5) is 2.98. The zero-order valence-electron chi connectivity index (χ0n) is 7.12. The van der Waals surface area contributed by atoms with Crippen LogP contribution < -0.4 is 0 Å². The Hall–Kier alpha value is -1.48. The molecule has 0 spiro atoms. The van der Waals surface area contributed by atoms with Crippen molar-refractivity contribution < 1.29 is 10.2 Å². The van der Waals surface area contributed by atoms with Crippen LogP contribution in [0.15, 0.2) is 24.4 Å². The third kappa shape index (κ3) is 1.27. The molecule has 0 aliphatic rings. The van der Waals surface area contributed by atoms with Crippen LogP contribution in [0.25, 0.3) is 10.9 Å². The Kier molecular flexibility index (Phi) is 1.94. The molecule has 0 radical (unpaired) electrons. The van der Waals surface area contributed by atoms with Crippen molar-refractivity contribution in [2.24, 2.45) is 0 Å². The first-order valence-corrected chi connectivity index (χ1v) is 4.21. The van der Waals surface area contributed by atoms with Gasteiger partial charge in [0.05, 0.1) is 5.52 Å². The summed E-state index contributed by atoms with van der Waals surface area (Å²) in [5.41, 5.74) is 1.78. The molecule has 68 valence electrons. The van der Waals surface area contributed by atoms with Crippen molar-refractivity contribution in [3.05, 3.63) is 30.0 Å². The Balaban J connectivity index is 2.61. The lowest BCUT2D eigenvalue weighted by atomic mass is 10.1. The number of phenolic OH excluding ortho intramolecular Hbond substituents is 1. The fourth-order valence-corrected chi connectivity index (χ4v) is 1.52. The number of rotatable bonds is 2. The predicted molar refractivity (Wildman–Crippen MR) is 50.8 cm³/mol. The number of fused-ring (bicyclic) bond motifs is 1. The molecule has 0 bridgehead atoms. The molecule has 13 heavy (non-hydrogen) atoms. The number of aromatic amines is 1. The van der Waals surface area contributed by atoms with Gasteiger partial charge in [-0.2, -0.15) is 0 Å². The highest BCUT2D eigenvalue weighted by Crippen LogP contribution is 2.25. The van der Waals surface area contributed by atoms with E-state index in [1.807, 2.05) is 12.3 Å². The van der Waals surface area contributed by atoms with Gasteiger partial charge in [-0.05, 0) is 18.1 Å². The van der Waals surface area contributed by atoms with Crippen LogP contribution in [0.1, 0.15) is 5.56 Å². The maximum absolute atomic E-state index is 9.46. The first-order chi connectivity index (χ1) is 6.33. The van der Waals surface area contributed by atoms with Crippen molar-refractivity contribution in [1.29, 1.82) is 0 Å². The van der Waals surface area contributed by atoms with Crippen LogP contribution in [-0.4, -0.2) is 21.8 Å². The molecule has 0 saturated carbocycles. The molecule has 3 N–H and O–H groups in total. The molecular formula is C10H11NO2. The summed E-state index contributed by atoms with van der Waals surface area (Å²) in [6, 6.07) is 5.37. The molecule has 1 aromatic heterocycles. The molecule has 0 aliphatic heterocycles. The minimum Gasteiger partial charge on any atom is -0.506 e. The SMILES string of the molecule is OCCc1c[nH]c2c(O)cccc12. The lowest BCUT2D eigenvalue weighted by molar-refractivity contribution is 0.300. The Bertz CT molecular complexity index is 420. The Morgan fingerprint density at radius 1 is 1.31 bits per heavy atom. The monoisotopic (exact) mass is 177 g/mol. The second-order valence-corrected chi connectivity index (χ2v) is 2.99. The number of para-hydroxylation sites is 1. The number of benzene rings is 1. The summed E-state index contributed by atoms with van der Waals surface area (Å²) in [7, 11) is 0. The second kappa shape index (κ2) is 3.11. The summed E-state index contributed by atoms with van der Waals surface area (Å²) in [5, 5.41) is 19.2. The van der Waals surface area contributed by atoms with E-state index in [9.17, 15) is 5.11 Å². The van der Waals surface area contributed by atoms with Crippen molar-refractivity contribution >= 4 is 10.9 Å². The summed E-state index contributed by atoms with van der Waals surface area (Å²) >= 11 is 0. The topological polar surface area (TPSA) is 56.2 Å². The van der Waals surface area contributed by atoms with E-state index in [0.29, 0.717) is 6.42 Å². The highest BCUT2D eigenvalue weighted by molar-refractivity contribution is 5.88. The molecule has 3 heteroatoms. The molecule has 2 aromatic rings. The molecule has 0 unspecified atom stereocenters. The number of hydrogen-bond donors (Lipinski definition) is 3. The van der Waals surface area contributed by atoms with E-state index in [2.05, 4.69) is 4.98 Å². The molecule has 3 nitrogen and oxygen atoms in total. The zero-order valence-corrected chi connectivity index (χ0v) is 7.12. The molecule has 0 saturated heterocycles. The zero-order chi connectivity index (χ0) is 9.26. The van der Waals surface area contributed by atoms with Crippen LogP contribution in [0.4, 0.5) is 0 Å². The summed E-state index contributed by atoms with van der Waals surface area (Å²) in [6.07, 6.45) is 2.43. The maximum atomic E-state index is 9.46. The third-order valence-electron chi connectivity index (χ3n) is 2.16. The second-order valence-electron chi connectivity index (χ2n) is 2.99. The predicted octanol–water partition coefficient (Wildman–Crippen LogP) is 1.41. The van der Waals surface area contributed by atoms with Crippen molar-refractivity contribution in [3.63, 3.8) is 0 Å². The van der Waals surface area contributed by atoms with Gasteiger partial charge in [-0.1, -0.05) is 12.1 Å². The highest BCUT2D eigenvalue weighted by Gasteiger charge is 2.05. The van der Waals surface area contributed by atoms with E-state index in [1.165, 1.54) is 0 Å². The standard InChI is InChI=1S/C10H11NO2/c12-5-4-7-6-11-10-8(7)2-1-3-9(10)13/h1-3,6,11-13H,4-5H2. The van der Waals surface area contributed by atoms with E-state index in [1.54, 1.807) is 12.1 Å². The van der Waals surface area contributed by atoms with Crippen molar-refractivity contribution in [2.75, 3.05) is 6.61 Å². The summed E-state index contributed by atoms with van der Waals surface area (Å²) in [5.74, 6) is 0.252. The van der Waals surface area contributed by atoms with Crippen LogP contribution in [0, 0.1) is 0 Å². The fourth-order valence-electron chi connectivity index (χ4n) is 1.52. The minimum atomic E-state index is 0.128. The first-order valence-electron chi connectivity index (χ1n) is 4.21. The van der Waals surface area contributed by atoms with Gasteiger partial charge in [0.15, 0.2) is 0 Å². The van der Waals surface area contributed by atoms with Gasteiger partial charge in [-0.15, -0.1) is 0 Å². The van der Waals surface area contributed by atoms with Crippen LogP contribution >= 0.6 is 0 Å². The van der Waals surface area contributed by atoms with E-state index in [4.69, 9.17) is 5.11 Å². The number of aromatic hydroxyl groups is 1. The number of phenols is 1. The molecule has 0 aliphatic carbocycles. The van der Waals surface area contributed by atoms with Crippen LogP contribution in [-0.2, 0) is 6.42 Å². The van der Waals surface area contributed by atoms with Gasteiger partial charge in [-0.3, -0.25) is 0 Å². The lowest BCUT2D eigenvalue weighted by Crippen LogP contribution is -1.87. The first kappa shape index (κ1) is 8.13. The van der Waals surface area contributed by atoms with Gasteiger partial charge in [0.2, 0.25) is 0 Å². The van der Waals surface area contributed by atoms with Crippen molar-refractivity contribution in [2.45, 2.75) is 6.42 Å². The molecular weight excluding hydrogens is 166 g/mol. The number of aliphatic hydroxyl groups is 1.